The fourth-order valence-electron chi connectivity index (χ4n) is 8.92. The van der Waals surface area contributed by atoms with Crippen LogP contribution in [0.1, 0.15) is 316 Å². The van der Waals surface area contributed by atoms with Gasteiger partial charge in [-0.15, -0.1) is 0 Å². The summed E-state index contributed by atoms with van der Waals surface area (Å²) in [6.07, 6.45) is 74.2. The predicted octanol–water partition coefficient (Wildman–Crippen LogP) is 20.7. The first-order valence-electron chi connectivity index (χ1n) is 30.2. The first kappa shape index (κ1) is 65.9. The van der Waals surface area contributed by atoms with Gasteiger partial charge in [0, 0.05) is 19.4 Å². The molecule has 5 heteroatoms. The van der Waals surface area contributed by atoms with Crippen molar-refractivity contribution in [3.63, 3.8) is 0 Å². The Bertz CT molecular complexity index is 1120. The Hall–Kier alpha value is -2.14. The lowest BCUT2D eigenvalue weighted by Crippen LogP contribution is -2.30. The maximum absolute atomic E-state index is 12.9. The molecule has 0 fully saturated rings. The van der Waals surface area contributed by atoms with E-state index in [1.54, 1.807) is 0 Å². The molecule has 0 spiro atoms. The molecule has 0 aliphatic rings. The predicted molar refractivity (Wildman–Crippen MR) is 298 cm³/mol. The van der Waals surface area contributed by atoms with Crippen LogP contribution in [0.4, 0.5) is 0 Å². The fourth-order valence-corrected chi connectivity index (χ4v) is 8.92. The second-order valence-corrected chi connectivity index (χ2v) is 20.2. The summed E-state index contributed by atoms with van der Waals surface area (Å²) in [5, 5.41) is 0. The van der Waals surface area contributed by atoms with Gasteiger partial charge in [-0.25, -0.2) is 0 Å². The van der Waals surface area contributed by atoms with Crippen LogP contribution in [0, 0.1) is 0 Å². The van der Waals surface area contributed by atoms with Gasteiger partial charge in [-0.1, -0.05) is 294 Å². The summed E-state index contributed by atoms with van der Waals surface area (Å²) in [4.78, 5) is 25.6. The number of carbonyl (C=O) groups is 2. The van der Waals surface area contributed by atoms with Crippen LogP contribution in [0.25, 0.3) is 0 Å². The van der Waals surface area contributed by atoms with Gasteiger partial charge in [0.25, 0.3) is 0 Å². The van der Waals surface area contributed by atoms with Gasteiger partial charge in [-0.05, 0) is 57.8 Å². The van der Waals surface area contributed by atoms with Crippen molar-refractivity contribution in [2.45, 2.75) is 322 Å². The molecule has 0 aromatic carbocycles. The third-order valence-electron chi connectivity index (χ3n) is 13.4. The number of hydrogen-bond acceptors (Lipinski definition) is 5. The second-order valence-electron chi connectivity index (χ2n) is 20.2. The monoisotopic (exact) mass is 953 g/mol. The molecule has 0 heterocycles. The number of rotatable bonds is 56. The van der Waals surface area contributed by atoms with Crippen molar-refractivity contribution < 1.29 is 23.8 Å². The van der Waals surface area contributed by atoms with E-state index in [1.165, 1.54) is 212 Å². The van der Waals surface area contributed by atoms with Crippen LogP contribution in [0.3, 0.4) is 0 Å². The highest BCUT2D eigenvalue weighted by molar-refractivity contribution is 5.70. The van der Waals surface area contributed by atoms with Gasteiger partial charge in [0.05, 0.1) is 6.61 Å². The highest BCUT2D eigenvalue weighted by Gasteiger charge is 2.17. The van der Waals surface area contributed by atoms with Crippen LogP contribution >= 0.6 is 0 Å². The molecule has 0 rings (SSSR count). The lowest BCUT2D eigenvalue weighted by Gasteiger charge is -2.18. The largest absolute Gasteiger partial charge is 0.462 e. The van der Waals surface area contributed by atoms with Gasteiger partial charge >= 0.3 is 11.9 Å². The van der Waals surface area contributed by atoms with Gasteiger partial charge in [0.15, 0.2) is 6.10 Å². The average Bonchev–Trinajstić information content (AvgIpc) is 3.34. The van der Waals surface area contributed by atoms with Crippen molar-refractivity contribution in [3.05, 3.63) is 48.6 Å². The van der Waals surface area contributed by atoms with Gasteiger partial charge in [0.2, 0.25) is 0 Å². The molecule has 68 heavy (non-hydrogen) atoms. The van der Waals surface area contributed by atoms with E-state index in [0.29, 0.717) is 19.4 Å². The quantitative estimate of drug-likeness (QED) is 0.0345. The number of unbranched alkanes of at least 4 members (excludes halogenated alkanes) is 37. The van der Waals surface area contributed by atoms with Crippen LogP contribution < -0.4 is 0 Å². The Morgan fingerprint density at radius 3 is 1.06 bits per heavy atom. The molecule has 0 aliphatic carbocycles. The maximum atomic E-state index is 12.9. The molecule has 5 nitrogen and oxygen atoms in total. The number of ether oxygens (including phenoxy) is 3. The van der Waals surface area contributed by atoms with E-state index >= 15 is 0 Å². The van der Waals surface area contributed by atoms with Crippen molar-refractivity contribution in [1.29, 1.82) is 0 Å². The Balaban J connectivity index is 4.24. The summed E-state index contributed by atoms with van der Waals surface area (Å²) < 4.78 is 17.5. The summed E-state index contributed by atoms with van der Waals surface area (Å²) in [7, 11) is 0. The minimum atomic E-state index is -0.538. The van der Waals surface area contributed by atoms with Crippen molar-refractivity contribution >= 4 is 11.9 Å². The van der Waals surface area contributed by atoms with Crippen LogP contribution in [0.5, 0.6) is 0 Å². The van der Waals surface area contributed by atoms with E-state index in [9.17, 15) is 9.59 Å². The lowest BCUT2D eigenvalue weighted by molar-refractivity contribution is -0.163. The van der Waals surface area contributed by atoms with E-state index in [4.69, 9.17) is 14.2 Å². The zero-order valence-corrected chi connectivity index (χ0v) is 45.9. The molecular weight excluding hydrogens is 837 g/mol. The maximum Gasteiger partial charge on any atom is 0.306 e. The van der Waals surface area contributed by atoms with Gasteiger partial charge in [-0.2, -0.15) is 0 Å². The fraction of sp³-hybridized carbons (Fsp3) is 0.841. The first-order valence-corrected chi connectivity index (χ1v) is 30.2. The van der Waals surface area contributed by atoms with E-state index in [2.05, 4.69) is 69.4 Å². The van der Waals surface area contributed by atoms with Crippen molar-refractivity contribution in [2.24, 2.45) is 0 Å². The third kappa shape index (κ3) is 56.4. The normalized spacial score (nSPS) is 12.5. The summed E-state index contributed by atoms with van der Waals surface area (Å²) >= 11 is 0. The zero-order valence-electron chi connectivity index (χ0n) is 45.9. The minimum absolute atomic E-state index is 0.0831. The molecule has 0 aliphatic heterocycles. The molecule has 0 radical (unpaired) electrons. The van der Waals surface area contributed by atoms with Crippen molar-refractivity contribution in [2.75, 3.05) is 19.8 Å². The topological polar surface area (TPSA) is 61.8 Å². The van der Waals surface area contributed by atoms with Gasteiger partial charge in [-0.3, -0.25) is 9.59 Å². The number of carbonyl (C=O) groups excluding carboxylic acids is 2. The van der Waals surface area contributed by atoms with Crippen molar-refractivity contribution in [1.82, 2.24) is 0 Å². The molecule has 0 saturated carbocycles. The number of allylic oxidation sites excluding steroid dienone is 8. The van der Waals surface area contributed by atoms with Crippen LogP contribution in [-0.4, -0.2) is 37.9 Å². The molecular formula is C63H116O5. The molecule has 0 amide bonds. The molecule has 0 aromatic rings. The molecule has 0 N–H and O–H groups in total. The Kier molecular flexibility index (Phi) is 57.3. The van der Waals surface area contributed by atoms with E-state index < -0.39 is 6.10 Å². The molecule has 1 atom stereocenters. The molecule has 0 aromatic heterocycles. The molecule has 0 bridgehead atoms. The standard InChI is InChI=1S/C63H116O5/c1-4-7-10-13-16-19-22-25-28-30-32-34-36-38-41-44-47-50-53-56-62(64)67-60-61(59-66-58-55-52-49-46-43-40-27-24-21-18-15-12-9-6-3)68-63(65)57-54-51-48-45-42-39-37-35-33-31-29-26-23-20-17-14-11-8-5-2/h7,10,16,19,25,28,32,34,61H,4-6,8-9,11-15,17-18,20-24,26-27,29-31,33,35-60H2,1-3H3/b10-7-,19-16-,28-25-,34-32-. The van der Waals surface area contributed by atoms with Crippen LogP contribution in [0.2, 0.25) is 0 Å². The number of hydrogen-bond donors (Lipinski definition) is 0. The smallest absolute Gasteiger partial charge is 0.306 e. The van der Waals surface area contributed by atoms with Gasteiger partial charge < -0.3 is 14.2 Å². The Morgan fingerprint density at radius 2 is 0.662 bits per heavy atom. The Labute approximate surface area is 424 Å². The molecule has 1 unspecified atom stereocenters. The molecule has 0 saturated heterocycles. The second kappa shape index (κ2) is 59.2. The molecule has 398 valence electrons. The van der Waals surface area contributed by atoms with Gasteiger partial charge in [0.1, 0.15) is 6.61 Å². The third-order valence-corrected chi connectivity index (χ3v) is 13.4. The van der Waals surface area contributed by atoms with E-state index in [0.717, 1.165) is 70.6 Å². The highest BCUT2D eigenvalue weighted by Crippen LogP contribution is 2.17. The van der Waals surface area contributed by atoms with Crippen molar-refractivity contribution in [3.8, 4) is 0 Å². The SMILES string of the molecule is CC/C=C\C/C=C\C/C=C\C/C=C\CCCCCCCCC(=O)OCC(COCCCCCCCCCCCCCCCC)OC(=O)CCCCCCCCCCCCCCCCCCCCC. The zero-order chi connectivity index (χ0) is 49.2. The summed E-state index contributed by atoms with van der Waals surface area (Å²) in [6, 6.07) is 0. The van der Waals surface area contributed by atoms with E-state index in [-0.39, 0.29) is 25.2 Å². The Morgan fingerprint density at radius 1 is 0.338 bits per heavy atom. The highest BCUT2D eigenvalue weighted by atomic mass is 16.6. The average molecular weight is 954 g/mol. The van der Waals surface area contributed by atoms with E-state index in [1.807, 2.05) is 0 Å². The summed E-state index contributed by atoms with van der Waals surface area (Å²) in [6.45, 7) is 7.77. The minimum Gasteiger partial charge on any atom is -0.462 e. The first-order chi connectivity index (χ1) is 33.6. The summed E-state index contributed by atoms with van der Waals surface area (Å²) in [5.74, 6) is -0.392. The number of esters is 2. The van der Waals surface area contributed by atoms with Crippen LogP contribution in [0.15, 0.2) is 48.6 Å². The summed E-state index contributed by atoms with van der Waals surface area (Å²) in [5.41, 5.74) is 0. The van der Waals surface area contributed by atoms with Crippen LogP contribution in [-0.2, 0) is 23.8 Å². The lowest BCUT2D eigenvalue weighted by atomic mass is 10.0.